The number of carbonyl (C=O) groups is 1. The number of nitrogens with zero attached hydrogens (tertiary/aromatic N) is 1. The molecule has 0 aliphatic carbocycles. The summed E-state index contributed by atoms with van der Waals surface area (Å²) in [6.07, 6.45) is 4.64. The number of aliphatic carboxylic acids is 1. The van der Waals surface area contributed by atoms with Crippen molar-refractivity contribution in [3.05, 3.63) is 0 Å². The van der Waals surface area contributed by atoms with Gasteiger partial charge in [0.25, 0.3) is 0 Å². The standard InChI is InChI=1S/C11H19NO3/c13-11(14)5-1-3-9-4-2-6-12(9)10-7-15-8-10/h9-10H,1-8H2,(H,13,14). The lowest BCUT2D eigenvalue weighted by Gasteiger charge is -2.38. The molecule has 1 unspecified atom stereocenters. The number of hydrogen-bond acceptors (Lipinski definition) is 3. The fourth-order valence-electron chi connectivity index (χ4n) is 2.55. The molecule has 2 aliphatic rings. The molecule has 2 saturated heterocycles. The summed E-state index contributed by atoms with van der Waals surface area (Å²) < 4.78 is 5.20. The molecular weight excluding hydrogens is 194 g/mol. The quantitative estimate of drug-likeness (QED) is 0.743. The highest BCUT2D eigenvalue weighted by Crippen LogP contribution is 2.26. The van der Waals surface area contributed by atoms with Crippen molar-refractivity contribution in [3.8, 4) is 0 Å². The van der Waals surface area contributed by atoms with Crippen molar-refractivity contribution >= 4 is 5.97 Å². The molecule has 4 nitrogen and oxygen atoms in total. The highest BCUT2D eigenvalue weighted by atomic mass is 16.5. The van der Waals surface area contributed by atoms with Crippen LogP contribution in [0.1, 0.15) is 32.1 Å². The minimum Gasteiger partial charge on any atom is -0.481 e. The second-order valence-corrected chi connectivity index (χ2v) is 4.51. The van der Waals surface area contributed by atoms with Gasteiger partial charge >= 0.3 is 5.97 Å². The van der Waals surface area contributed by atoms with Gasteiger partial charge in [0.15, 0.2) is 0 Å². The van der Waals surface area contributed by atoms with Crippen LogP contribution in [0.3, 0.4) is 0 Å². The Kier molecular flexibility index (Phi) is 3.59. The first kappa shape index (κ1) is 10.9. The largest absolute Gasteiger partial charge is 0.481 e. The Hall–Kier alpha value is -0.610. The van der Waals surface area contributed by atoms with E-state index in [0.29, 0.717) is 18.5 Å². The predicted molar refractivity (Wildman–Crippen MR) is 55.8 cm³/mol. The van der Waals surface area contributed by atoms with Crippen molar-refractivity contribution in [1.82, 2.24) is 4.90 Å². The van der Waals surface area contributed by atoms with Gasteiger partial charge in [-0.3, -0.25) is 9.69 Å². The minimum atomic E-state index is -0.675. The molecule has 4 heteroatoms. The van der Waals surface area contributed by atoms with Crippen LogP contribution in [0.2, 0.25) is 0 Å². The zero-order valence-electron chi connectivity index (χ0n) is 9.02. The zero-order chi connectivity index (χ0) is 10.7. The van der Waals surface area contributed by atoms with E-state index in [1.807, 2.05) is 0 Å². The monoisotopic (exact) mass is 213 g/mol. The molecule has 0 spiro atoms. The summed E-state index contributed by atoms with van der Waals surface area (Å²) in [4.78, 5) is 12.9. The summed E-state index contributed by atoms with van der Waals surface area (Å²) >= 11 is 0. The van der Waals surface area contributed by atoms with Gasteiger partial charge in [0.2, 0.25) is 0 Å². The van der Waals surface area contributed by atoms with Crippen molar-refractivity contribution in [3.63, 3.8) is 0 Å². The van der Waals surface area contributed by atoms with E-state index in [1.165, 1.54) is 19.4 Å². The van der Waals surface area contributed by atoms with Crippen molar-refractivity contribution in [2.45, 2.75) is 44.2 Å². The summed E-state index contributed by atoms with van der Waals surface area (Å²) in [6, 6.07) is 1.22. The highest BCUT2D eigenvalue weighted by Gasteiger charge is 2.34. The summed E-state index contributed by atoms with van der Waals surface area (Å²) in [5, 5.41) is 8.59. The van der Waals surface area contributed by atoms with Crippen molar-refractivity contribution in [2.75, 3.05) is 19.8 Å². The van der Waals surface area contributed by atoms with E-state index in [1.54, 1.807) is 0 Å². The average Bonchev–Trinajstić information content (AvgIpc) is 2.50. The Bertz CT molecular complexity index is 228. The maximum Gasteiger partial charge on any atom is 0.303 e. The molecule has 2 fully saturated rings. The summed E-state index contributed by atoms with van der Waals surface area (Å²) in [6.45, 7) is 2.91. The van der Waals surface area contributed by atoms with Crippen LogP contribution in [0.4, 0.5) is 0 Å². The van der Waals surface area contributed by atoms with Crippen molar-refractivity contribution in [2.24, 2.45) is 0 Å². The maximum atomic E-state index is 10.4. The van der Waals surface area contributed by atoms with Crippen LogP contribution < -0.4 is 0 Å². The fourth-order valence-corrected chi connectivity index (χ4v) is 2.55. The van der Waals surface area contributed by atoms with Crippen LogP contribution in [0, 0.1) is 0 Å². The Balaban J connectivity index is 1.72. The first-order valence-electron chi connectivity index (χ1n) is 5.82. The first-order chi connectivity index (χ1) is 7.27. The third-order valence-corrected chi connectivity index (χ3v) is 3.44. The molecule has 0 aromatic carbocycles. The van der Waals surface area contributed by atoms with E-state index in [-0.39, 0.29) is 0 Å². The molecule has 2 heterocycles. The SMILES string of the molecule is O=C(O)CCCC1CCCN1C1COC1. The van der Waals surface area contributed by atoms with E-state index < -0.39 is 5.97 Å². The molecule has 1 atom stereocenters. The van der Waals surface area contributed by atoms with Crippen molar-refractivity contribution < 1.29 is 14.6 Å². The Morgan fingerprint density at radius 2 is 2.27 bits per heavy atom. The lowest BCUT2D eigenvalue weighted by molar-refractivity contribution is -0.137. The Labute approximate surface area is 90.2 Å². The van der Waals surface area contributed by atoms with E-state index in [2.05, 4.69) is 4.90 Å². The van der Waals surface area contributed by atoms with E-state index in [0.717, 1.165) is 26.1 Å². The number of carboxylic acid groups (broad SMARTS) is 1. The first-order valence-corrected chi connectivity index (χ1v) is 5.82. The number of ether oxygens (including phenoxy) is 1. The maximum absolute atomic E-state index is 10.4. The lowest BCUT2D eigenvalue weighted by atomic mass is 10.1. The van der Waals surface area contributed by atoms with E-state index in [9.17, 15) is 4.79 Å². The predicted octanol–water partition coefficient (Wildman–Crippen LogP) is 1.10. The van der Waals surface area contributed by atoms with Crippen LogP contribution in [0.5, 0.6) is 0 Å². The van der Waals surface area contributed by atoms with Crippen LogP contribution in [0.25, 0.3) is 0 Å². The van der Waals surface area contributed by atoms with Gasteiger partial charge in [-0.2, -0.15) is 0 Å². The molecule has 15 heavy (non-hydrogen) atoms. The van der Waals surface area contributed by atoms with Gasteiger partial charge in [-0.25, -0.2) is 0 Å². The molecular formula is C11H19NO3. The van der Waals surface area contributed by atoms with Gasteiger partial charge in [0, 0.05) is 12.5 Å². The van der Waals surface area contributed by atoms with E-state index in [4.69, 9.17) is 9.84 Å². The number of rotatable bonds is 5. The Morgan fingerprint density at radius 3 is 2.87 bits per heavy atom. The molecule has 0 bridgehead atoms. The summed E-state index contributed by atoms with van der Waals surface area (Å²) in [5.41, 5.74) is 0. The number of hydrogen-bond donors (Lipinski definition) is 1. The van der Waals surface area contributed by atoms with Gasteiger partial charge < -0.3 is 9.84 Å². The van der Waals surface area contributed by atoms with E-state index >= 15 is 0 Å². The topological polar surface area (TPSA) is 49.8 Å². The van der Waals surface area contributed by atoms with Crippen LogP contribution >= 0.6 is 0 Å². The van der Waals surface area contributed by atoms with Crippen molar-refractivity contribution in [1.29, 1.82) is 0 Å². The highest BCUT2D eigenvalue weighted by molar-refractivity contribution is 5.66. The molecule has 0 saturated carbocycles. The van der Waals surface area contributed by atoms with Gasteiger partial charge in [-0.1, -0.05) is 0 Å². The van der Waals surface area contributed by atoms with Crippen LogP contribution in [0.15, 0.2) is 0 Å². The zero-order valence-corrected chi connectivity index (χ0v) is 9.02. The second kappa shape index (κ2) is 4.94. The second-order valence-electron chi connectivity index (χ2n) is 4.51. The summed E-state index contributed by atoms with van der Waals surface area (Å²) in [7, 11) is 0. The fraction of sp³-hybridized carbons (Fsp3) is 0.909. The molecule has 1 N–H and O–H groups in total. The average molecular weight is 213 g/mol. The Morgan fingerprint density at radius 1 is 1.47 bits per heavy atom. The molecule has 0 radical (unpaired) electrons. The third-order valence-electron chi connectivity index (χ3n) is 3.44. The normalized spacial score (nSPS) is 27.9. The molecule has 86 valence electrons. The molecule has 0 amide bonds. The van der Waals surface area contributed by atoms with Gasteiger partial charge in [0.05, 0.1) is 19.3 Å². The van der Waals surface area contributed by atoms with Gasteiger partial charge in [-0.05, 0) is 32.2 Å². The minimum absolute atomic E-state index is 0.311. The van der Waals surface area contributed by atoms with Crippen LogP contribution in [-0.2, 0) is 9.53 Å². The lowest BCUT2D eigenvalue weighted by Crippen LogP contribution is -2.50. The molecule has 0 aromatic rings. The number of carboxylic acids is 1. The summed E-state index contributed by atoms with van der Waals surface area (Å²) in [5.74, 6) is -0.675. The number of likely N-dealkylation sites (tertiary alicyclic amines) is 1. The third kappa shape index (κ3) is 2.69. The molecule has 0 aromatic heterocycles. The molecule has 2 aliphatic heterocycles. The van der Waals surface area contributed by atoms with Gasteiger partial charge in [0.1, 0.15) is 0 Å². The van der Waals surface area contributed by atoms with Gasteiger partial charge in [-0.15, -0.1) is 0 Å². The van der Waals surface area contributed by atoms with Crippen LogP contribution in [-0.4, -0.2) is 47.8 Å². The molecule has 2 rings (SSSR count). The smallest absolute Gasteiger partial charge is 0.303 e.